The van der Waals surface area contributed by atoms with E-state index in [1.54, 1.807) is 0 Å². The summed E-state index contributed by atoms with van der Waals surface area (Å²) in [5.41, 5.74) is 2.64. The van der Waals surface area contributed by atoms with Crippen molar-refractivity contribution in [3.8, 4) is 0 Å². The molecule has 1 aromatic carbocycles. The van der Waals surface area contributed by atoms with E-state index in [0.29, 0.717) is 19.7 Å². The summed E-state index contributed by atoms with van der Waals surface area (Å²) in [5, 5.41) is 13.5. The number of aromatic nitrogens is 1. The highest BCUT2D eigenvalue weighted by Crippen LogP contribution is 2.16. The van der Waals surface area contributed by atoms with Crippen LogP contribution in [0.15, 0.2) is 53.8 Å². The van der Waals surface area contributed by atoms with Crippen molar-refractivity contribution in [1.29, 1.82) is 0 Å². The molecule has 0 aliphatic carbocycles. The Kier molecular flexibility index (Phi) is 5.85. The van der Waals surface area contributed by atoms with Crippen LogP contribution in [0.5, 0.6) is 0 Å². The number of carboxylic acid groups (broad SMARTS) is 1. The molecule has 1 aliphatic rings. The number of hydrogen-bond donors (Lipinski definition) is 2. The topological polar surface area (TPSA) is 77.9 Å². The second-order valence-electron chi connectivity index (χ2n) is 6.20. The van der Waals surface area contributed by atoms with Crippen molar-refractivity contribution in [3.63, 3.8) is 0 Å². The number of aliphatic carboxylic acids is 1. The molecule has 0 spiro atoms. The molecule has 1 atom stereocenters. The molecule has 0 radical (unpaired) electrons. The molecule has 1 saturated heterocycles. The number of carbonyl (C=O) groups is 1. The third kappa shape index (κ3) is 4.70. The lowest BCUT2D eigenvalue weighted by molar-refractivity contribution is -0.143. The van der Waals surface area contributed by atoms with Gasteiger partial charge in [-0.1, -0.05) is 35.5 Å². The van der Waals surface area contributed by atoms with E-state index in [1.165, 1.54) is 0 Å². The molecule has 0 amide bonds. The van der Waals surface area contributed by atoms with E-state index in [2.05, 4.69) is 15.0 Å². The zero-order chi connectivity index (χ0) is 17.5. The second-order valence-corrected chi connectivity index (χ2v) is 6.20. The second kappa shape index (κ2) is 8.48. The predicted octanol–water partition coefficient (Wildman–Crippen LogP) is 2.58. The molecule has 3 rings (SSSR count). The average Bonchev–Trinajstić information content (AvgIpc) is 3.17. The van der Waals surface area contributed by atoms with Gasteiger partial charge >= 0.3 is 5.97 Å². The number of benzene rings is 1. The first-order valence-electron chi connectivity index (χ1n) is 8.58. The number of H-pyrrole nitrogens is 1. The van der Waals surface area contributed by atoms with Gasteiger partial charge in [0.2, 0.25) is 0 Å². The zero-order valence-electron chi connectivity index (χ0n) is 14.1. The fraction of sp³-hybridized carbons (Fsp3) is 0.368. The lowest BCUT2D eigenvalue weighted by Crippen LogP contribution is -2.40. The summed E-state index contributed by atoms with van der Waals surface area (Å²) in [4.78, 5) is 22.0. The Morgan fingerprint density at radius 2 is 2.12 bits per heavy atom. The molecule has 1 fully saturated rings. The number of nitrogens with one attached hydrogen (secondary N) is 1. The molecule has 6 heteroatoms. The van der Waals surface area contributed by atoms with E-state index in [-0.39, 0.29) is 5.92 Å². The van der Waals surface area contributed by atoms with Crippen molar-refractivity contribution in [2.45, 2.75) is 12.8 Å². The van der Waals surface area contributed by atoms with Gasteiger partial charge in [-0.3, -0.25) is 9.69 Å². The molecule has 1 unspecified atom stereocenters. The smallest absolute Gasteiger partial charge is 0.307 e. The van der Waals surface area contributed by atoms with Crippen LogP contribution in [0, 0.1) is 5.92 Å². The third-order valence-corrected chi connectivity index (χ3v) is 4.41. The van der Waals surface area contributed by atoms with E-state index in [0.717, 1.165) is 36.4 Å². The number of oxime groups is 1. The first kappa shape index (κ1) is 17.2. The maximum Gasteiger partial charge on any atom is 0.307 e. The third-order valence-electron chi connectivity index (χ3n) is 4.41. The summed E-state index contributed by atoms with van der Waals surface area (Å²) >= 11 is 0. The van der Waals surface area contributed by atoms with Crippen LogP contribution in [0.25, 0.3) is 0 Å². The van der Waals surface area contributed by atoms with E-state index in [1.807, 2.05) is 48.7 Å². The van der Waals surface area contributed by atoms with Gasteiger partial charge < -0.3 is 14.9 Å². The molecule has 2 N–H and O–H groups in total. The normalized spacial score (nSPS) is 18.9. The number of rotatable bonds is 7. The van der Waals surface area contributed by atoms with E-state index in [4.69, 9.17) is 9.94 Å². The minimum absolute atomic E-state index is 0.268. The number of piperidine rings is 1. The predicted molar refractivity (Wildman–Crippen MR) is 95.6 cm³/mol. The molecule has 6 nitrogen and oxygen atoms in total. The van der Waals surface area contributed by atoms with Crippen LogP contribution in [-0.2, 0) is 9.63 Å². The van der Waals surface area contributed by atoms with Crippen molar-refractivity contribution >= 4 is 11.7 Å². The fourth-order valence-corrected chi connectivity index (χ4v) is 3.07. The molecule has 1 aliphatic heterocycles. The molecule has 132 valence electrons. The summed E-state index contributed by atoms with van der Waals surface area (Å²) in [6, 6.07) is 13.8. The summed E-state index contributed by atoms with van der Waals surface area (Å²) in [6.45, 7) is 2.62. The fourth-order valence-electron chi connectivity index (χ4n) is 3.07. The highest BCUT2D eigenvalue weighted by Gasteiger charge is 2.24. The minimum Gasteiger partial charge on any atom is -0.481 e. The van der Waals surface area contributed by atoms with Crippen LogP contribution in [0.2, 0.25) is 0 Å². The number of hydrogen-bond acceptors (Lipinski definition) is 4. The maximum absolute atomic E-state index is 11.1. The van der Waals surface area contributed by atoms with Gasteiger partial charge in [-0.25, -0.2) is 0 Å². The SMILES string of the molecule is O=C(O)C1CCCN(CCO/N=C(\c2ccccc2)c2ccc[nH]2)C1. The number of likely N-dealkylation sites (tertiary alicyclic amines) is 1. The number of carboxylic acids is 1. The van der Waals surface area contributed by atoms with Gasteiger partial charge in [0.15, 0.2) is 0 Å². The summed E-state index contributed by atoms with van der Waals surface area (Å²) in [5.74, 6) is -0.974. The van der Waals surface area contributed by atoms with Crippen LogP contribution in [0.4, 0.5) is 0 Å². The number of aromatic amines is 1. The Labute approximate surface area is 147 Å². The Morgan fingerprint density at radius 3 is 2.84 bits per heavy atom. The summed E-state index contributed by atoms with van der Waals surface area (Å²) in [7, 11) is 0. The van der Waals surface area contributed by atoms with E-state index < -0.39 is 5.97 Å². The Bertz CT molecular complexity index is 698. The van der Waals surface area contributed by atoms with Gasteiger partial charge in [-0.05, 0) is 31.5 Å². The Hall–Kier alpha value is -2.60. The first-order chi connectivity index (χ1) is 12.2. The van der Waals surface area contributed by atoms with Gasteiger partial charge in [0.05, 0.1) is 11.6 Å². The molecular weight excluding hydrogens is 318 g/mol. The first-order valence-corrected chi connectivity index (χ1v) is 8.58. The van der Waals surface area contributed by atoms with E-state index in [9.17, 15) is 4.79 Å². The van der Waals surface area contributed by atoms with Gasteiger partial charge in [-0.15, -0.1) is 0 Å². The highest BCUT2D eigenvalue weighted by atomic mass is 16.6. The molecule has 0 bridgehead atoms. The van der Waals surface area contributed by atoms with Gasteiger partial charge in [0, 0.05) is 24.8 Å². The standard InChI is InChI=1S/C19H23N3O3/c23-19(24)16-8-5-11-22(14-16)12-13-25-21-18(17-9-4-10-20-17)15-6-2-1-3-7-15/h1-4,6-7,9-10,16,20H,5,8,11-14H2,(H,23,24)/b21-18+. The highest BCUT2D eigenvalue weighted by molar-refractivity contribution is 6.11. The van der Waals surface area contributed by atoms with Crippen molar-refractivity contribution in [1.82, 2.24) is 9.88 Å². The van der Waals surface area contributed by atoms with Gasteiger partial charge in [0.1, 0.15) is 12.3 Å². The number of nitrogens with zero attached hydrogens (tertiary/aromatic N) is 2. The molecule has 1 aromatic heterocycles. The average molecular weight is 341 g/mol. The van der Waals surface area contributed by atoms with Crippen molar-refractivity contribution in [2.75, 3.05) is 26.2 Å². The van der Waals surface area contributed by atoms with Crippen LogP contribution >= 0.6 is 0 Å². The van der Waals surface area contributed by atoms with Crippen molar-refractivity contribution < 1.29 is 14.7 Å². The van der Waals surface area contributed by atoms with Crippen LogP contribution in [0.3, 0.4) is 0 Å². The van der Waals surface area contributed by atoms with Crippen LogP contribution in [0.1, 0.15) is 24.1 Å². The lowest BCUT2D eigenvalue weighted by atomic mass is 9.98. The Balaban J connectivity index is 1.58. The minimum atomic E-state index is -0.707. The van der Waals surface area contributed by atoms with Crippen molar-refractivity contribution in [2.24, 2.45) is 11.1 Å². The quantitative estimate of drug-likeness (QED) is 0.461. The zero-order valence-corrected chi connectivity index (χ0v) is 14.1. The Morgan fingerprint density at radius 1 is 1.28 bits per heavy atom. The summed E-state index contributed by atoms with van der Waals surface area (Å²) in [6.07, 6.45) is 3.53. The lowest BCUT2D eigenvalue weighted by Gasteiger charge is -2.29. The van der Waals surface area contributed by atoms with Crippen LogP contribution < -0.4 is 0 Å². The molecule has 0 saturated carbocycles. The molecule has 25 heavy (non-hydrogen) atoms. The van der Waals surface area contributed by atoms with Gasteiger partial charge in [0.25, 0.3) is 0 Å². The summed E-state index contributed by atoms with van der Waals surface area (Å²) < 4.78 is 0. The van der Waals surface area contributed by atoms with Crippen molar-refractivity contribution in [3.05, 3.63) is 59.9 Å². The van der Waals surface area contributed by atoms with Gasteiger partial charge in [-0.2, -0.15) is 0 Å². The monoisotopic (exact) mass is 341 g/mol. The molecule has 2 heterocycles. The largest absolute Gasteiger partial charge is 0.481 e. The molecular formula is C19H23N3O3. The van der Waals surface area contributed by atoms with E-state index >= 15 is 0 Å². The molecule has 2 aromatic rings. The van der Waals surface area contributed by atoms with Crippen LogP contribution in [-0.4, -0.2) is 52.9 Å². The maximum atomic E-state index is 11.1.